The van der Waals surface area contributed by atoms with Gasteiger partial charge in [-0.2, -0.15) is 5.10 Å². The SMILES string of the molecule is C[C@@H]1C[C@H](C)CN(CCCNC(=O)Cc2[nH]nc3ccccc23)C1. The zero-order valence-electron chi connectivity index (χ0n) is 14.7. The van der Waals surface area contributed by atoms with Crippen molar-refractivity contribution >= 4 is 16.8 Å². The van der Waals surface area contributed by atoms with Crippen LogP contribution in [0.1, 0.15) is 32.4 Å². The van der Waals surface area contributed by atoms with Gasteiger partial charge in [-0.3, -0.25) is 9.89 Å². The first-order valence-electron chi connectivity index (χ1n) is 9.03. The highest BCUT2D eigenvalue weighted by molar-refractivity contribution is 5.87. The summed E-state index contributed by atoms with van der Waals surface area (Å²) < 4.78 is 0. The Bertz CT molecular complexity index is 671. The molecule has 2 heterocycles. The number of H-pyrrole nitrogens is 1. The number of amides is 1. The van der Waals surface area contributed by atoms with Gasteiger partial charge in [0.2, 0.25) is 5.91 Å². The van der Waals surface area contributed by atoms with E-state index in [0.717, 1.165) is 47.9 Å². The predicted molar refractivity (Wildman–Crippen MR) is 96.8 cm³/mol. The van der Waals surface area contributed by atoms with Gasteiger partial charge in [0.25, 0.3) is 0 Å². The summed E-state index contributed by atoms with van der Waals surface area (Å²) in [5.74, 6) is 1.64. The van der Waals surface area contributed by atoms with Gasteiger partial charge in [-0.05, 0) is 37.3 Å². The van der Waals surface area contributed by atoms with Crippen LogP contribution in [0.15, 0.2) is 24.3 Å². The number of carbonyl (C=O) groups excluding carboxylic acids is 1. The fraction of sp³-hybridized carbons (Fsp3) is 0.579. The summed E-state index contributed by atoms with van der Waals surface area (Å²) in [7, 11) is 0. The normalized spacial score (nSPS) is 21.9. The van der Waals surface area contributed by atoms with E-state index in [1.165, 1.54) is 19.5 Å². The first kappa shape index (κ1) is 17.0. The molecule has 0 unspecified atom stereocenters. The number of aromatic nitrogens is 2. The fourth-order valence-electron chi connectivity index (χ4n) is 3.88. The molecule has 0 aliphatic carbocycles. The lowest BCUT2D eigenvalue weighted by Gasteiger charge is -2.34. The van der Waals surface area contributed by atoms with Gasteiger partial charge in [0, 0.05) is 25.0 Å². The van der Waals surface area contributed by atoms with Gasteiger partial charge < -0.3 is 10.2 Å². The van der Waals surface area contributed by atoms with Gasteiger partial charge in [-0.25, -0.2) is 0 Å². The maximum atomic E-state index is 12.1. The smallest absolute Gasteiger partial charge is 0.226 e. The summed E-state index contributed by atoms with van der Waals surface area (Å²) in [6.07, 6.45) is 2.71. The van der Waals surface area contributed by atoms with E-state index in [0.29, 0.717) is 6.42 Å². The van der Waals surface area contributed by atoms with Crippen molar-refractivity contribution in [1.29, 1.82) is 0 Å². The average Bonchev–Trinajstić information content (AvgIpc) is 2.94. The van der Waals surface area contributed by atoms with Crippen LogP contribution in [0.2, 0.25) is 0 Å². The number of hydrogen-bond acceptors (Lipinski definition) is 3. The van der Waals surface area contributed by atoms with Crippen LogP contribution in [0, 0.1) is 11.8 Å². The molecule has 24 heavy (non-hydrogen) atoms. The third-order valence-electron chi connectivity index (χ3n) is 4.80. The van der Waals surface area contributed by atoms with Crippen LogP contribution < -0.4 is 5.32 Å². The highest BCUT2D eigenvalue weighted by Crippen LogP contribution is 2.20. The Kier molecular flexibility index (Phi) is 5.51. The number of likely N-dealkylation sites (tertiary alicyclic amines) is 1. The minimum atomic E-state index is 0.0600. The summed E-state index contributed by atoms with van der Waals surface area (Å²) in [6, 6.07) is 7.88. The molecule has 0 spiro atoms. The lowest BCUT2D eigenvalue weighted by molar-refractivity contribution is -0.120. The zero-order chi connectivity index (χ0) is 16.9. The van der Waals surface area contributed by atoms with Gasteiger partial charge in [-0.15, -0.1) is 0 Å². The van der Waals surface area contributed by atoms with Gasteiger partial charge in [0.15, 0.2) is 0 Å². The third kappa shape index (κ3) is 4.35. The molecule has 1 aromatic carbocycles. The molecule has 0 radical (unpaired) electrons. The van der Waals surface area contributed by atoms with E-state index >= 15 is 0 Å². The molecule has 1 saturated heterocycles. The number of carbonyl (C=O) groups is 1. The highest BCUT2D eigenvalue weighted by Gasteiger charge is 2.21. The van der Waals surface area contributed by atoms with Crippen molar-refractivity contribution in [3.8, 4) is 0 Å². The van der Waals surface area contributed by atoms with Crippen LogP contribution in [-0.2, 0) is 11.2 Å². The van der Waals surface area contributed by atoms with Crippen molar-refractivity contribution in [2.75, 3.05) is 26.2 Å². The van der Waals surface area contributed by atoms with Crippen LogP contribution in [0.3, 0.4) is 0 Å². The van der Waals surface area contributed by atoms with Crippen molar-refractivity contribution < 1.29 is 4.79 Å². The van der Waals surface area contributed by atoms with Crippen molar-refractivity contribution in [2.45, 2.75) is 33.1 Å². The highest BCUT2D eigenvalue weighted by atomic mass is 16.1. The van der Waals surface area contributed by atoms with E-state index in [9.17, 15) is 4.79 Å². The lowest BCUT2D eigenvalue weighted by Crippen LogP contribution is -2.40. The predicted octanol–water partition coefficient (Wildman–Crippen LogP) is 2.59. The fourth-order valence-corrected chi connectivity index (χ4v) is 3.88. The first-order chi connectivity index (χ1) is 11.6. The average molecular weight is 328 g/mol. The lowest BCUT2D eigenvalue weighted by atomic mass is 9.92. The van der Waals surface area contributed by atoms with E-state index in [2.05, 4.69) is 34.3 Å². The summed E-state index contributed by atoms with van der Waals surface area (Å²) >= 11 is 0. The van der Waals surface area contributed by atoms with E-state index in [4.69, 9.17) is 0 Å². The van der Waals surface area contributed by atoms with Crippen LogP contribution in [0.25, 0.3) is 10.9 Å². The maximum Gasteiger partial charge on any atom is 0.226 e. The summed E-state index contributed by atoms with van der Waals surface area (Å²) in [5, 5.41) is 11.3. The Labute approximate surface area is 143 Å². The van der Waals surface area contributed by atoms with E-state index in [-0.39, 0.29) is 5.91 Å². The Hall–Kier alpha value is -1.88. The van der Waals surface area contributed by atoms with Crippen LogP contribution in [0.4, 0.5) is 0 Å². The number of nitrogens with zero attached hydrogens (tertiary/aromatic N) is 2. The Balaban J connectivity index is 1.40. The third-order valence-corrected chi connectivity index (χ3v) is 4.80. The van der Waals surface area contributed by atoms with Gasteiger partial charge >= 0.3 is 0 Å². The van der Waals surface area contributed by atoms with Gasteiger partial charge in [0.05, 0.1) is 17.6 Å². The Morgan fingerprint density at radius 2 is 2.04 bits per heavy atom. The molecule has 5 nitrogen and oxygen atoms in total. The minimum Gasteiger partial charge on any atom is -0.356 e. The molecule has 3 rings (SSSR count). The van der Waals surface area contributed by atoms with Crippen molar-refractivity contribution in [3.63, 3.8) is 0 Å². The second-order valence-corrected chi connectivity index (χ2v) is 7.31. The molecule has 1 aromatic heterocycles. The first-order valence-corrected chi connectivity index (χ1v) is 9.03. The number of fused-ring (bicyclic) bond motifs is 1. The molecule has 5 heteroatoms. The zero-order valence-corrected chi connectivity index (χ0v) is 14.7. The van der Waals surface area contributed by atoms with Gasteiger partial charge in [0.1, 0.15) is 0 Å². The molecule has 0 saturated carbocycles. The molecule has 2 atom stereocenters. The number of para-hydroxylation sites is 1. The van der Waals surface area contributed by atoms with Crippen LogP contribution in [0.5, 0.6) is 0 Å². The van der Waals surface area contributed by atoms with Crippen LogP contribution >= 0.6 is 0 Å². The summed E-state index contributed by atoms with van der Waals surface area (Å²) in [5.41, 5.74) is 1.80. The van der Waals surface area contributed by atoms with Crippen molar-refractivity contribution in [1.82, 2.24) is 20.4 Å². The molecule has 1 amide bonds. The quantitative estimate of drug-likeness (QED) is 0.801. The summed E-state index contributed by atoms with van der Waals surface area (Å²) in [4.78, 5) is 14.7. The number of benzene rings is 1. The topological polar surface area (TPSA) is 61.0 Å². The van der Waals surface area contributed by atoms with E-state index < -0.39 is 0 Å². The number of rotatable bonds is 6. The monoisotopic (exact) mass is 328 g/mol. The molecule has 130 valence electrons. The molecular weight excluding hydrogens is 300 g/mol. The second-order valence-electron chi connectivity index (χ2n) is 7.31. The number of nitrogens with one attached hydrogen (secondary N) is 2. The number of piperidine rings is 1. The largest absolute Gasteiger partial charge is 0.356 e. The van der Waals surface area contributed by atoms with E-state index in [1.54, 1.807) is 0 Å². The summed E-state index contributed by atoms with van der Waals surface area (Å²) in [6.45, 7) is 8.86. The van der Waals surface area contributed by atoms with Crippen LogP contribution in [-0.4, -0.2) is 47.2 Å². The molecular formula is C19H28N4O. The minimum absolute atomic E-state index is 0.0600. The molecule has 1 fully saturated rings. The van der Waals surface area contributed by atoms with Crippen molar-refractivity contribution in [2.24, 2.45) is 11.8 Å². The Morgan fingerprint density at radius 3 is 2.83 bits per heavy atom. The molecule has 1 aliphatic rings. The molecule has 2 aromatic rings. The number of hydrogen-bond donors (Lipinski definition) is 2. The number of aromatic amines is 1. The van der Waals surface area contributed by atoms with Crippen molar-refractivity contribution in [3.05, 3.63) is 30.0 Å². The van der Waals surface area contributed by atoms with Gasteiger partial charge in [-0.1, -0.05) is 32.0 Å². The Morgan fingerprint density at radius 1 is 1.29 bits per heavy atom. The molecule has 1 aliphatic heterocycles. The van der Waals surface area contributed by atoms with E-state index in [1.807, 2.05) is 24.3 Å². The standard InChI is InChI=1S/C19H28N4O/c1-14-10-15(2)13-23(12-14)9-5-8-20-19(24)11-18-16-6-3-4-7-17(16)21-22-18/h3-4,6-7,14-15H,5,8-13H2,1-2H3,(H,20,24)(H,21,22)/t14-,15+. The second kappa shape index (κ2) is 7.79. The molecule has 2 N–H and O–H groups in total. The maximum absolute atomic E-state index is 12.1. The molecule has 0 bridgehead atoms.